The van der Waals surface area contributed by atoms with Crippen LogP contribution < -0.4 is 14.9 Å². The summed E-state index contributed by atoms with van der Waals surface area (Å²) in [5.41, 5.74) is 2.77. The number of halogens is 1. The van der Waals surface area contributed by atoms with Crippen LogP contribution in [0.3, 0.4) is 0 Å². The number of nitrogens with one attached hydrogen (secondary N) is 2. The van der Waals surface area contributed by atoms with Crippen molar-refractivity contribution in [1.29, 1.82) is 0 Å². The third-order valence-electron chi connectivity index (χ3n) is 9.80. The van der Waals surface area contributed by atoms with Crippen LogP contribution >= 0.6 is 0 Å². The van der Waals surface area contributed by atoms with Gasteiger partial charge in [0.2, 0.25) is 0 Å². The third-order valence-corrected chi connectivity index (χ3v) is 11.3. The van der Waals surface area contributed by atoms with E-state index >= 15 is 0 Å². The van der Waals surface area contributed by atoms with Crippen molar-refractivity contribution in [2.45, 2.75) is 56.7 Å². The van der Waals surface area contributed by atoms with Gasteiger partial charge in [-0.05, 0) is 68.4 Å². The Balaban J connectivity index is 1.28. The molecule has 2 unspecified atom stereocenters. The highest BCUT2D eigenvalue weighted by molar-refractivity contribution is 7.87. The molecule has 2 atom stereocenters. The first-order valence-corrected chi connectivity index (χ1v) is 17.4. The van der Waals surface area contributed by atoms with Gasteiger partial charge in [-0.2, -0.15) is 17.8 Å². The van der Waals surface area contributed by atoms with Crippen LogP contribution in [0.25, 0.3) is 16.7 Å². The van der Waals surface area contributed by atoms with E-state index < -0.39 is 16.1 Å². The maximum absolute atomic E-state index is 13.9. The molecule has 1 aromatic carbocycles. The minimum absolute atomic E-state index is 0.0195. The molecule has 4 fully saturated rings. The van der Waals surface area contributed by atoms with Crippen LogP contribution in [0, 0.1) is 11.7 Å². The number of amides is 1. The van der Waals surface area contributed by atoms with Crippen LogP contribution in [0.4, 0.5) is 10.1 Å². The molecule has 3 aromatic rings. The number of fused-ring (bicyclic) bond motifs is 1. The maximum Gasteiger partial charge on any atom is 0.304 e. The minimum atomic E-state index is -4.11. The summed E-state index contributed by atoms with van der Waals surface area (Å²) in [6.07, 6.45) is 5.48. The van der Waals surface area contributed by atoms with Gasteiger partial charge in [-0.15, -0.1) is 0 Å². The number of hydrogen-bond donors (Lipinski definition) is 2. The van der Waals surface area contributed by atoms with Crippen LogP contribution in [0.15, 0.2) is 30.3 Å². The van der Waals surface area contributed by atoms with E-state index in [1.54, 1.807) is 30.0 Å². The highest BCUT2D eigenvalue weighted by Crippen LogP contribution is 2.43. The van der Waals surface area contributed by atoms with E-state index in [0.717, 1.165) is 75.1 Å². The van der Waals surface area contributed by atoms with Gasteiger partial charge in [0.05, 0.1) is 41.3 Å². The lowest BCUT2D eigenvalue weighted by Crippen LogP contribution is -2.46. The molecule has 2 N–H and O–H groups in total. The van der Waals surface area contributed by atoms with Crippen molar-refractivity contribution >= 4 is 32.8 Å². The number of nitrogens with zero attached hydrogens (tertiary/aromatic N) is 5. The molecule has 1 aliphatic carbocycles. The van der Waals surface area contributed by atoms with Gasteiger partial charge in [0.15, 0.2) is 5.65 Å². The zero-order valence-electron chi connectivity index (χ0n) is 25.5. The zero-order valence-corrected chi connectivity index (χ0v) is 26.3. The van der Waals surface area contributed by atoms with E-state index in [1.807, 2.05) is 0 Å². The fourth-order valence-electron chi connectivity index (χ4n) is 6.96. The number of aromatic nitrogens is 3. The van der Waals surface area contributed by atoms with Gasteiger partial charge >= 0.3 is 10.2 Å². The summed E-state index contributed by atoms with van der Waals surface area (Å²) < 4.78 is 56.8. The number of ether oxygens (including phenoxy) is 2. The van der Waals surface area contributed by atoms with Crippen LogP contribution in [0.2, 0.25) is 0 Å². The molecule has 3 saturated heterocycles. The van der Waals surface area contributed by atoms with Gasteiger partial charge in [0, 0.05) is 52.3 Å². The fourth-order valence-corrected chi connectivity index (χ4v) is 8.14. The van der Waals surface area contributed by atoms with Gasteiger partial charge in [-0.3, -0.25) is 4.79 Å². The average molecular weight is 642 g/mol. The Kier molecular flexibility index (Phi) is 8.50. The standard InChI is InChI=1S/C31H40FN7O5S/c1-43-24-11-15-38(19-24)45(41,42)36-31(40)25-17-26(37-13-9-20(10-14-37)27-18-33-12-16-44-27)28-29(21-3-2-4-21)35-39(30(28)34-25)23-7-5-22(32)6-8-23/h5-8,17,20-21,24,27,33H,2-4,9-16,18-19H2,1H3,(H,36,40). The van der Waals surface area contributed by atoms with E-state index in [4.69, 9.17) is 19.6 Å². The van der Waals surface area contributed by atoms with E-state index in [0.29, 0.717) is 30.3 Å². The molecule has 2 aromatic heterocycles. The Morgan fingerprint density at radius 1 is 1.11 bits per heavy atom. The number of piperidine rings is 1. The SMILES string of the molecule is COC1CCN(S(=O)(=O)NC(=O)c2cc(N3CCC(C4CNCCO4)CC3)c3c(C4CCC4)nn(-c4ccc(F)cc4)c3n2)C1. The Labute approximate surface area is 262 Å². The Morgan fingerprint density at radius 3 is 2.53 bits per heavy atom. The van der Waals surface area contributed by atoms with Gasteiger partial charge in [-0.25, -0.2) is 18.8 Å². The topological polar surface area (TPSA) is 131 Å². The summed E-state index contributed by atoms with van der Waals surface area (Å²) in [6.45, 7) is 4.37. The van der Waals surface area contributed by atoms with Gasteiger partial charge in [-0.1, -0.05) is 6.42 Å². The summed E-state index contributed by atoms with van der Waals surface area (Å²) in [4.78, 5) is 20.7. The van der Waals surface area contributed by atoms with Crippen molar-refractivity contribution in [1.82, 2.24) is 29.1 Å². The molecule has 45 heavy (non-hydrogen) atoms. The van der Waals surface area contributed by atoms with Gasteiger partial charge in [0.25, 0.3) is 5.91 Å². The summed E-state index contributed by atoms with van der Waals surface area (Å²) in [7, 11) is -2.57. The molecule has 12 nitrogen and oxygen atoms in total. The lowest BCUT2D eigenvalue weighted by Gasteiger charge is -2.39. The lowest BCUT2D eigenvalue weighted by molar-refractivity contribution is -0.0155. The van der Waals surface area contributed by atoms with Crippen molar-refractivity contribution in [2.24, 2.45) is 5.92 Å². The number of rotatable bonds is 8. The molecule has 0 spiro atoms. The predicted octanol–water partition coefficient (Wildman–Crippen LogP) is 2.73. The first-order chi connectivity index (χ1) is 21.8. The number of carbonyl (C=O) groups excluding carboxylic acids is 1. The van der Waals surface area contributed by atoms with Crippen molar-refractivity contribution in [2.75, 3.05) is 57.9 Å². The number of carbonyl (C=O) groups is 1. The van der Waals surface area contributed by atoms with Crippen molar-refractivity contribution < 1.29 is 27.1 Å². The van der Waals surface area contributed by atoms with Gasteiger partial charge < -0.3 is 19.7 Å². The van der Waals surface area contributed by atoms with E-state index in [2.05, 4.69) is 14.9 Å². The number of hydrogen-bond acceptors (Lipinski definition) is 9. The Bertz CT molecular complexity index is 1650. The maximum atomic E-state index is 13.9. The number of morpholine rings is 1. The monoisotopic (exact) mass is 641 g/mol. The quantitative estimate of drug-likeness (QED) is 0.381. The molecular formula is C31H40FN7O5S. The largest absolute Gasteiger partial charge is 0.380 e. The molecule has 3 aliphatic heterocycles. The number of benzene rings is 1. The first kappa shape index (κ1) is 30.5. The van der Waals surface area contributed by atoms with Crippen LogP contribution in [-0.4, -0.2) is 98.6 Å². The number of methoxy groups -OCH3 is 1. The van der Waals surface area contributed by atoms with E-state index in [-0.39, 0.29) is 42.7 Å². The highest BCUT2D eigenvalue weighted by atomic mass is 32.2. The number of pyridine rings is 1. The molecule has 7 rings (SSSR count). The summed E-state index contributed by atoms with van der Waals surface area (Å²) in [5, 5.41) is 9.31. The molecular weight excluding hydrogens is 601 g/mol. The lowest BCUT2D eigenvalue weighted by atomic mass is 9.81. The molecule has 242 valence electrons. The number of anilines is 1. The minimum Gasteiger partial charge on any atom is -0.380 e. The molecule has 1 saturated carbocycles. The summed E-state index contributed by atoms with van der Waals surface area (Å²) in [5.74, 6) is -0.514. The van der Waals surface area contributed by atoms with E-state index in [9.17, 15) is 17.6 Å². The second-order valence-corrected chi connectivity index (χ2v) is 14.2. The van der Waals surface area contributed by atoms with Crippen LogP contribution in [0.5, 0.6) is 0 Å². The predicted molar refractivity (Wildman–Crippen MR) is 166 cm³/mol. The third kappa shape index (κ3) is 6.06. The molecule has 4 aliphatic rings. The molecule has 1 amide bonds. The molecule has 5 heterocycles. The molecule has 0 bridgehead atoms. The first-order valence-electron chi connectivity index (χ1n) is 15.9. The van der Waals surface area contributed by atoms with Crippen LogP contribution in [-0.2, 0) is 19.7 Å². The Hall–Kier alpha value is -3.17. The smallest absolute Gasteiger partial charge is 0.304 e. The van der Waals surface area contributed by atoms with Crippen molar-refractivity contribution in [3.8, 4) is 5.69 Å². The summed E-state index contributed by atoms with van der Waals surface area (Å²) >= 11 is 0. The second kappa shape index (κ2) is 12.6. The van der Waals surface area contributed by atoms with Gasteiger partial charge in [0.1, 0.15) is 11.5 Å². The Morgan fingerprint density at radius 2 is 1.89 bits per heavy atom. The normalized spacial score (nSPS) is 23.8. The van der Waals surface area contributed by atoms with Crippen molar-refractivity contribution in [3.63, 3.8) is 0 Å². The highest BCUT2D eigenvalue weighted by Gasteiger charge is 2.36. The average Bonchev–Trinajstić information content (AvgIpc) is 3.67. The van der Waals surface area contributed by atoms with Crippen LogP contribution in [0.1, 0.15) is 60.6 Å². The summed E-state index contributed by atoms with van der Waals surface area (Å²) in [6, 6.07) is 7.72. The van der Waals surface area contributed by atoms with Crippen molar-refractivity contribution in [3.05, 3.63) is 47.5 Å². The molecule has 0 radical (unpaired) electrons. The molecule has 14 heteroatoms. The second-order valence-electron chi connectivity index (χ2n) is 12.5. The zero-order chi connectivity index (χ0) is 31.1. The fraction of sp³-hybridized carbons (Fsp3) is 0.581. The van der Waals surface area contributed by atoms with E-state index in [1.165, 1.54) is 16.4 Å².